The first-order valence-electron chi connectivity index (χ1n) is 14.5. The van der Waals surface area contributed by atoms with E-state index in [9.17, 15) is 24.0 Å². The van der Waals surface area contributed by atoms with Crippen molar-refractivity contribution in [3.8, 4) is 0 Å². The number of methoxy groups -OCH3 is 1. The Morgan fingerprint density at radius 2 is 1.07 bits per heavy atom. The number of benzene rings is 2. The van der Waals surface area contributed by atoms with E-state index < -0.39 is 85.2 Å². The van der Waals surface area contributed by atoms with Crippen molar-refractivity contribution in [3.63, 3.8) is 0 Å². The molecule has 14 nitrogen and oxygen atoms in total. The van der Waals surface area contributed by atoms with Crippen molar-refractivity contribution in [1.29, 1.82) is 0 Å². The Labute approximate surface area is 265 Å². The summed E-state index contributed by atoms with van der Waals surface area (Å²) in [5.74, 6) is -3.74. The van der Waals surface area contributed by atoms with Crippen LogP contribution in [0.25, 0.3) is 0 Å². The molecule has 2 heterocycles. The molecule has 14 heteroatoms. The van der Waals surface area contributed by atoms with Gasteiger partial charge in [-0.2, -0.15) is 0 Å². The van der Waals surface area contributed by atoms with Gasteiger partial charge in [0.2, 0.25) is 0 Å². The maximum Gasteiger partial charge on any atom is 0.338 e. The van der Waals surface area contributed by atoms with E-state index in [1.807, 2.05) is 0 Å². The lowest BCUT2D eigenvalue weighted by atomic mass is 9.98. The lowest BCUT2D eigenvalue weighted by molar-refractivity contribution is -0.338. The normalized spacial score (nSPS) is 29.1. The average molecular weight is 645 g/mol. The van der Waals surface area contributed by atoms with E-state index in [4.69, 9.17) is 42.6 Å². The lowest BCUT2D eigenvalue weighted by Gasteiger charge is -2.46. The van der Waals surface area contributed by atoms with E-state index in [0.29, 0.717) is 0 Å². The molecule has 2 aromatic rings. The van der Waals surface area contributed by atoms with Gasteiger partial charge in [0, 0.05) is 27.9 Å². The number of hydrogen-bond donors (Lipinski definition) is 0. The van der Waals surface area contributed by atoms with Gasteiger partial charge in [-0.25, -0.2) is 9.59 Å². The quantitative estimate of drug-likeness (QED) is 0.273. The Bertz CT molecular complexity index is 1370. The Morgan fingerprint density at radius 1 is 0.609 bits per heavy atom. The highest BCUT2D eigenvalue weighted by atomic mass is 16.8. The van der Waals surface area contributed by atoms with Gasteiger partial charge < -0.3 is 42.6 Å². The zero-order valence-corrected chi connectivity index (χ0v) is 25.9. The fourth-order valence-electron chi connectivity index (χ4n) is 5.11. The van der Waals surface area contributed by atoms with Gasteiger partial charge in [-0.15, -0.1) is 0 Å². The van der Waals surface area contributed by atoms with Gasteiger partial charge in [-0.1, -0.05) is 36.4 Å². The molecule has 4 rings (SSSR count). The average Bonchev–Trinajstić information content (AvgIpc) is 3.02. The summed E-state index contributed by atoms with van der Waals surface area (Å²) >= 11 is 0. The van der Waals surface area contributed by atoms with Gasteiger partial charge in [0.1, 0.15) is 6.10 Å². The van der Waals surface area contributed by atoms with Crippen LogP contribution in [0.5, 0.6) is 0 Å². The first-order chi connectivity index (χ1) is 22.0. The molecule has 0 radical (unpaired) electrons. The zero-order valence-electron chi connectivity index (χ0n) is 25.9. The molecule has 2 fully saturated rings. The minimum atomic E-state index is -1.47. The Balaban J connectivity index is 1.69. The molecule has 0 saturated carbocycles. The molecule has 0 spiro atoms. The molecule has 2 aromatic carbocycles. The van der Waals surface area contributed by atoms with E-state index in [-0.39, 0.29) is 17.7 Å². The second kappa shape index (κ2) is 15.8. The van der Waals surface area contributed by atoms with Crippen molar-refractivity contribution in [2.24, 2.45) is 0 Å². The molecule has 2 aliphatic heterocycles. The van der Waals surface area contributed by atoms with E-state index in [0.717, 1.165) is 20.8 Å². The van der Waals surface area contributed by atoms with Gasteiger partial charge in [0.05, 0.1) is 23.8 Å². The first-order valence-corrected chi connectivity index (χ1v) is 14.5. The fraction of sp³-hybridized carbons (Fsp3) is 0.469. The molecule has 248 valence electrons. The van der Waals surface area contributed by atoms with E-state index in [2.05, 4.69) is 0 Å². The summed E-state index contributed by atoms with van der Waals surface area (Å²) in [5.41, 5.74) is 0.419. The molecule has 2 saturated heterocycles. The predicted molar refractivity (Wildman–Crippen MR) is 154 cm³/mol. The Morgan fingerprint density at radius 3 is 1.57 bits per heavy atom. The van der Waals surface area contributed by atoms with Crippen molar-refractivity contribution in [2.45, 2.75) is 83.0 Å². The topological polar surface area (TPSA) is 168 Å². The molecule has 0 aromatic heterocycles. The van der Waals surface area contributed by atoms with Gasteiger partial charge in [-0.3, -0.25) is 14.4 Å². The highest BCUT2D eigenvalue weighted by molar-refractivity contribution is 5.90. The van der Waals surface area contributed by atoms with E-state index >= 15 is 0 Å². The van der Waals surface area contributed by atoms with Gasteiger partial charge in [0.15, 0.2) is 43.1 Å². The lowest BCUT2D eigenvalue weighted by Crippen LogP contribution is -2.64. The zero-order chi connectivity index (χ0) is 33.4. The van der Waals surface area contributed by atoms with Crippen LogP contribution >= 0.6 is 0 Å². The number of ether oxygens (including phenoxy) is 9. The largest absolute Gasteiger partial charge is 0.456 e. The Hall–Kier alpha value is -4.37. The molecule has 9 atom stereocenters. The van der Waals surface area contributed by atoms with Crippen LogP contribution in [0, 0.1) is 0 Å². The highest BCUT2D eigenvalue weighted by Crippen LogP contribution is 2.33. The summed E-state index contributed by atoms with van der Waals surface area (Å²) < 4.78 is 51.5. The third-order valence-electron chi connectivity index (χ3n) is 7.06. The van der Waals surface area contributed by atoms with Gasteiger partial charge in [-0.05, 0) is 31.2 Å². The maximum atomic E-state index is 13.3. The number of esters is 5. The van der Waals surface area contributed by atoms with Gasteiger partial charge >= 0.3 is 29.8 Å². The molecule has 0 N–H and O–H groups in total. The second-order valence-electron chi connectivity index (χ2n) is 10.5. The summed E-state index contributed by atoms with van der Waals surface area (Å²) in [6, 6.07) is 16.2. The summed E-state index contributed by atoms with van der Waals surface area (Å²) in [4.78, 5) is 62.7. The smallest absolute Gasteiger partial charge is 0.338 e. The standard InChI is InChI=1S/C32H36O14/c1-17-24(41-18(2)33)26(42-19(3)34)28(43-20(4)35)32(40-17)44-23-16-39-31(38-5)27(46-30(37)22-14-10-7-11-15-22)25(23)45-29(36)21-12-8-6-9-13-21/h6-15,17,23-28,31-32H,16H2,1-5H3. The van der Waals surface area contributed by atoms with Crippen molar-refractivity contribution < 1.29 is 66.6 Å². The SMILES string of the molecule is COC1OCC(OC2OC(C)C(OC(C)=O)C(OC(C)=O)C2OC(C)=O)C(OC(=O)c2ccccc2)C1OC(=O)c1ccccc1. The third kappa shape index (κ3) is 8.66. The monoisotopic (exact) mass is 644 g/mol. The van der Waals surface area contributed by atoms with Crippen molar-refractivity contribution in [2.75, 3.05) is 13.7 Å². The van der Waals surface area contributed by atoms with Gasteiger partial charge in [0.25, 0.3) is 0 Å². The molecule has 9 unspecified atom stereocenters. The van der Waals surface area contributed by atoms with E-state index in [1.165, 1.54) is 19.2 Å². The van der Waals surface area contributed by atoms with Crippen molar-refractivity contribution in [3.05, 3.63) is 71.8 Å². The first kappa shape index (κ1) is 34.5. The summed E-state index contributed by atoms with van der Waals surface area (Å²) in [7, 11) is 1.33. The summed E-state index contributed by atoms with van der Waals surface area (Å²) in [6.45, 7) is 4.69. The van der Waals surface area contributed by atoms with Crippen LogP contribution in [0.15, 0.2) is 60.7 Å². The van der Waals surface area contributed by atoms with Crippen molar-refractivity contribution >= 4 is 29.8 Å². The van der Waals surface area contributed by atoms with Crippen LogP contribution in [0.3, 0.4) is 0 Å². The van der Waals surface area contributed by atoms with Crippen molar-refractivity contribution in [1.82, 2.24) is 0 Å². The highest BCUT2D eigenvalue weighted by Gasteiger charge is 2.54. The minimum absolute atomic E-state index is 0.203. The molecular weight excluding hydrogens is 608 g/mol. The van der Waals surface area contributed by atoms with Crippen LogP contribution in [-0.4, -0.2) is 98.9 Å². The van der Waals surface area contributed by atoms with E-state index in [1.54, 1.807) is 55.5 Å². The number of hydrogen-bond acceptors (Lipinski definition) is 14. The summed E-state index contributed by atoms with van der Waals surface area (Å²) in [5, 5.41) is 0. The third-order valence-corrected chi connectivity index (χ3v) is 7.06. The molecule has 46 heavy (non-hydrogen) atoms. The number of carbonyl (C=O) groups excluding carboxylic acids is 5. The fourth-order valence-corrected chi connectivity index (χ4v) is 5.11. The van der Waals surface area contributed by atoms with Crippen LogP contribution in [0.1, 0.15) is 48.4 Å². The van der Waals surface area contributed by atoms with Crippen LogP contribution in [0.4, 0.5) is 0 Å². The van der Waals surface area contributed by atoms with Crippen LogP contribution in [-0.2, 0) is 57.0 Å². The molecule has 0 amide bonds. The maximum absolute atomic E-state index is 13.3. The number of rotatable bonds is 10. The predicted octanol–water partition coefficient (Wildman–Crippen LogP) is 2.37. The van der Waals surface area contributed by atoms with Crippen LogP contribution in [0.2, 0.25) is 0 Å². The van der Waals surface area contributed by atoms with Crippen LogP contribution < -0.4 is 0 Å². The summed E-state index contributed by atoms with van der Waals surface area (Å²) in [6.07, 6.45) is -11.5. The molecule has 2 aliphatic rings. The minimum Gasteiger partial charge on any atom is -0.456 e. The molecule has 0 bridgehead atoms. The second-order valence-corrected chi connectivity index (χ2v) is 10.5. The molecular formula is C32H36O14. The molecule has 0 aliphatic carbocycles. The number of carbonyl (C=O) groups is 5. The Kier molecular flexibility index (Phi) is 11.8.